The Labute approximate surface area is 685 Å². The molecule has 0 spiro atoms. The van der Waals surface area contributed by atoms with Crippen molar-refractivity contribution in [2.75, 3.05) is 0 Å². The predicted octanol–water partition coefficient (Wildman–Crippen LogP) is 26.8. The Morgan fingerprint density at radius 1 is 0.225 bits per heavy atom. The monoisotopic (exact) mass is 1540 g/mol. The highest BCUT2D eigenvalue weighted by molar-refractivity contribution is 6.23. The van der Waals surface area contributed by atoms with E-state index in [0.29, 0.717) is 0 Å². The summed E-state index contributed by atoms with van der Waals surface area (Å²) in [6.07, 6.45) is 5.54. The molecule has 10 aromatic heterocycles. The van der Waals surface area contributed by atoms with E-state index in [1.165, 1.54) is 0 Å². The second kappa shape index (κ2) is 28.8. The number of benzene rings is 15. The molecule has 14 heteroatoms. The van der Waals surface area contributed by atoms with Gasteiger partial charge in [-0.2, -0.15) is 0 Å². The lowest BCUT2D eigenvalue weighted by molar-refractivity contribution is 0.635. The molecule has 0 saturated carbocycles. The van der Waals surface area contributed by atoms with Crippen LogP contribution in [0.4, 0.5) is 0 Å². The minimum atomic E-state index is 0.781. The van der Waals surface area contributed by atoms with E-state index >= 15 is 0 Å². The maximum atomic E-state index is 6.59. The van der Waals surface area contributed by atoms with E-state index in [1.807, 2.05) is 132 Å². The number of aromatic nitrogens is 11. The second-order valence-corrected chi connectivity index (χ2v) is 29.9. The molecule has 564 valence electrons. The number of para-hydroxylation sites is 4. The fourth-order valence-corrected chi connectivity index (χ4v) is 17.4. The number of rotatable bonds is 11. The first-order valence-electron chi connectivity index (χ1n) is 39.9. The third-order valence-electron chi connectivity index (χ3n) is 22.8. The van der Waals surface area contributed by atoms with Crippen LogP contribution in [0, 0.1) is 0 Å². The molecule has 0 unspecified atom stereocenters. The molecule has 0 saturated heterocycles. The summed E-state index contributed by atoms with van der Waals surface area (Å²) in [7, 11) is 0. The van der Waals surface area contributed by atoms with E-state index in [1.54, 1.807) is 6.33 Å². The van der Waals surface area contributed by atoms with Crippen molar-refractivity contribution in [1.29, 1.82) is 0 Å². The van der Waals surface area contributed by atoms with Crippen molar-refractivity contribution >= 4 is 120 Å². The average Bonchev–Trinajstić information content (AvgIpc) is 1.53. The van der Waals surface area contributed by atoms with Crippen LogP contribution in [0.25, 0.3) is 217 Å². The fourth-order valence-electron chi connectivity index (χ4n) is 17.4. The first-order chi connectivity index (χ1) is 59.5. The maximum absolute atomic E-state index is 6.59. The number of furan rings is 3. The smallest absolute Gasteiger partial charge is 0.168 e. The van der Waals surface area contributed by atoms with E-state index in [2.05, 4.69) is 312 Å². The van der Waals surface area contributed by atoms with Crippen LogP contribution in [0.1, 0.15) is 0 Å². The van der Waals surface area contributed by atoms with Crippen LogP contribution in [0.3, 0.4) is 0 Å². The summed E-state index contributed by atoms with van der Waals surface area (Å²) in [4.78, 5) is 9.46. The molecule has 0 bridgehead atoms. The Morgan fingerprint density at radius 2 is 0.608 bits per heavy atom. The molecule has 0 aliphatic rings. The first kappa shape index (κ1) is 69.0. The summed E-state index contributed by atoms with van der Waals surface area (Å²) in [6, 6.07) is 134. The van der Waals surface area contributed by atoms with Gasteiger partial charge in [-0.15, -0.1) is 20.4 Å². The van der Waals surface area contributed by atoms with E-state index in [0.717, 1.165) is 217 Å². The third-order valence-corrected chi connectivity index (χ3v) is 22.8. The molecule has 0 radical (unpaired) electrons. The highest BCUT2D eigenvalue weighted by atomic mass is 16.3. The molecule has 120 heavy (non-hydrogen) atoms. The quantitative estimate of drug-likeness (QED) is 0.116. The van der Waals surface area contributed by atoms with Crippen molar-refractivity contribution in [1.82, 2.24) is 53.2 Å². The van der Waals surface area contributed by atoms with Crippen molar-refractivity contribution in [2.24, 2.45) is 0 Å². The molecule has 25 rings (SSSR count). The van der Waals surface area contributed by atoms with Crippen LogP contribution in [0.5, 0.6) is 0 Å². The van der Waals surface area contributed by atoms with Gasteiger partial charge in [0.15, 0.2) is 17.5 Å². The molecular formula is C106H67N11O3. The van der Waals surface area contributed by atoms with Crippen LogP contribution >= 0.6 is 0 Å². The Bertz CT molecular complexity index is 8220. The summed E-state index contributed by atoms with van der Waals surface area (Å²) in [5.74, 6) is 5.00. The normalized spacial score (nSPS) is 11.7. The number of hydrogen-bond donors (Lipinski definition) is 0. The third kappa shape index (κ3) is 11.7. The molecule has 0 aliphatic carbocycles. The van der Waals surface area contributed by atoms with E-state index in [-0.39, 0.29) is 0 Å². The van der Waals surface area contributed by atoms with Gasteiger partial charge >= 0.3 is 0 Å². The fraction of sp³-hybridized carbons (Fsp3) is 0. The molecule has 0 aliphatic heterocycles. The van der Waals surface area contributed by atoms with E-state index < -0.39 is 0 Å². The van der Waals surface area contributed by atoms with E-state index in [9.17, 15) is 0 Å². The summed E-state index contributed by atoms with van der Waals surface area (Å²) in [5.41, 5.74) is 22.5. The molecule has 0 amide bonds. The minimum Gasteiger partial charge on any atom is -0.455 e. The molecule has 0 N–H and O–H groups in total. The predicted molar refractivity (Wildman–Crippen MR) is 485 cm³/mol. The van der Waals surface area contributed by atoms with Crippen LogP contribution in [0.15, 0.2) is 420 Å². The van der Waals surface area contributed by atoms with Crippen molar-refractivity contribution in [3.8, 4) is 96.6 Å². The summed E-state index contributed by atoms with van der Waals surface area (Å²) < 4.78 is 30.7. The van der Waals surface area contributed by atoms with Crippen molar-refractivity contribution in [2.45, 2.75) is 0 Å². The van der Waals surface area contributed by atoms with Gasteiger partial charge < -0.3 is 27.0 Å². The number of hydrogen-bond acceptors (Lipinski definition) is 9. The number of pyridine rings is 2. The maximum Gasteiger partial charge on any atom is 0.168 e. The van der Waals surface area contributed by atoms with Gasteiger partial charge in [0.1, 0.15) is 40.4 Å². The first-order valence-corrected chi connectivity index (χ1v) is 39.9. The molecule has 15 aromatic carbocycles. The Morgan fingerprint density at radius 3 is 1.12 bits per heavy atom. The summed E-state index contributed by atoms with van der Waals surface area (Å²) >= 11 is 0. The average molecular weight is 1540 g/mol. The van der Waals surface area contributed by atoms with Gasteiger partial charge in [-0.05, 0) is 127 Å². The van der Waals surface area contributed by atoms with Crippen LogP contribution in [-0.2, 0) is 0 Å². The highest BCUT2D eigenvalue weighted by Gasteiger charge is 2.25. The van der Waals surface area contributed by atoms with Crippen molar-refractivity contribution < 1.29 is 13.3 Å². The van der Waals surface area contributed by atoms with Crippen molar-refractivity contribution in [3.63, 3.8) is 0 Å². The zero-order chi connectivity index (χ0) is 79.1. The molecule has 0 fully saturated rings. The van der Waals surface area contributed by atoms with Gasteiger partial charge in [-0.1, -0.05) is 261 Å². The Kier molecular flexibility index (Phi) is 16.5. The standard InChI is InChI=1S/C40H26N4O.C34H22N4O.C32H19N3O/c1-4-13-27(14-5-1)36-26-29-23-24-35-37(38(29)45-36)33-21-10-11-22-34(33)43(35)32-20-12-17-30(25-32)40-42-41-39(28-15-6-2-7-16-28)44(40)31-18-8-3-9-19-31;1-3-10-23(11-4-1)31-20-25-18-19-30-32(33(25)39-31)28-16-7-8-17-29(28)38(30)27-15-9-14-26(21-27)37-22-35-36-34(37)24-12-5-2-6-13-24;1-2-7-20(8-3-1)28-18-23-14-15-27-29(32(23)36-28)25-10-4-5-11-26(25)35(27)24-17-22-13-12-21-9-6-16-33-30(21)31(22)34-19-24/h1-26H;1-22H;1-19H. The second-order valence-electron chi connectivity index (χ2n) is 29.9. The zero-order valence-corrected chi connectivity index (χ0v) is 64.3. The van der Waals surface area contributed by atoms with Gasteiger partial charge in [0.2, 0.25) is 0 Å². The lowest BCUT2D eigenvalue weighted by atomic mass is 10.1. The van der Waals surface area contributed by atoms with Gasteiger partial charge in [0, 0.05) is 99.7 Å². The molecule has 0 atom stereocenters. The summed E-state index contributed by atoms with van der Waals surface area (Å²) in [5, 5.41) is 30.3. The Hall–Kier alpha value is -16.6. The zero-order valence-electron chi connectivity index (χ0n) is 64.3. The Balaban J connectivity index is 0.000000106. The SMILES string of the molecule is c1ccc(-c2cc3ccc4c(c5ccccc5n4-c4cccc(-c5nnc(-c6ccccc6)n5-c5ccccc5)c4)c3o2)cc1.c1ccc(-c2cc3ccc4c(c5ccccc5n4-c4cccc(-n5cnnc5-c5ccccc5)c4)c3o2)cc1.c1ccc(-c2cc3ccc4c(c5ccccc5n4-c4cnc5c(ccc6cccnc65)c4)c3o2)cc1. The van der Waals surface area contributed by atoms with E-state index in [4.69, 9.17) is 23.3 Å². The lowest BCUT2D eigenvalue weighted by Gasteiger charge is -2.13. The molecule has 10 heterocycles. The van der Waals surface area contributed by atoms with Crippen molar-refractivity contribution in [3.05, 3.63) is 407 Å². The van der Waals surface area contributed by atoms with Gasteiger partial charge in [0.25, 0.3) is 0 Å². The van der Waals surface area contributed by atoms with Crippen LogP contribution in [0.2, 0.25) is 0 Å². The molecule has 14 nitrogen and oxygen atoms in total. The van der Waals surface area contributed by atoms with Crippen LogP contribution < -0.4 is 0 Å². The highest BCUT2D eigenvalue weighted by Crippen LogP contribution is 2.45. The van der Waals surface area contributed by atoms with Gasteiger partial charge in [0.05, 0.1) is 77.9 Å². The summed E-state index contributed by atoms with van der Waals surface area (Å²) in [6.45, 7) is 0. The van der Waals surface area contributed by atoms with Gasteiger partial charge in [-0.3, -0.25) is 19.1 Å². The topological polar surface area (TPSA) is 141 Å². The molecular weight excluding hydrogens is 1480 g/mol. The lowest BCUT2D eigenvalue weighted by Crippen LogP contribution is -2.01. The number of nitrogens with zero attached hydrogens (tertiary/aromatic N) is 11. The number of fused-ring (bicyclic) bond motifs is 18. The van der Waals surface area contributed by atoms with Crippen LogP contribution in [-0.4, -0.2) is 53.2 Å². The molecule has 25 aromatic rings. The van der Waals surface area contributed by atoms with Gasteiger partial charge in [-0.25, -0.2) is 0 Å². The minimum absolute atomic E-state index is 0.781. The largest absolute Gasteiger partial charge is 0.455 e.